The van der Waals surface area contributed by atoms with E-state index in [1.54, 1.807) is 12.1 Å². The van der Waals surface area contributed by atoms with Crippen molar-refractivity contribution in [2.45, 2.75) is 18.7 Å². The van der Waals surface area contributed by atoms with Gasteiger partial charge in [0.15, 0.2) is 10.8 Å². The largest absolute Gasteiger partial charge is 0.292 e. The van der Waals surface area contributed by atoms with Gasteiger partial charge in [-0.1, -0.05) is 41.6 Å². The van der Waals surface area contributed by atoms with Gasteiger partial charge in [0.25, 0.3) is 0 Å². The summed E-state index contributed by atoms with van der Waals surface area (Å²) in [6.45, 7) is 3.49. The number of carbonyl (C=O) groups is 1. The summed E-state index contributed by atoms with van der Waals surface area (Å²) in [6, 6.07) is 15.1. The molecule has 0 atom stereocenters. The summed E-state index contributed by atoms with van der Waals surface area (Å²) in [5.74, 6) is -0.0870. The van der Waals surface area contributed by atoms with Crippen molar-refractivity contribution in [3.8, 4) is 0 Å². The van der Waals surface area contributed by atoms with Crippen molar-refractivity contribution in [3.05, 3.63) is 59.1 Å². The van der Waals surface area contributed by atoms with Crippen molar-refractivity contribution in [1.82, 2.24) is 0 Å². The van der Waals surface area contributed by atoms with Gasteiger partial charge >= 0.3 is 0 Å². The van der Waals surface area contributed by atoms with Crippen molar-refractivity contribution in [2.24, 2.45) is 5.10 Å². The quantitative estimate of drug-likeness (QED) is 0.382. The van der Waals surface area contributed by atoms with Crippen LogP contribution in [0.5, 0.6) is 0 Å². The number of thioether (sulfide) groups is 1. The van der Waals surface area contributed by atoms with Crippen LogP contribution in [0.1, 0.15) is 12.5 Å². The highest BCUT2D eigenvalue weighted by molar-refractivity contribution is 8.15. The number of nitrogens with zero attached hydrogens (tertiary/aromatic N) is 1. The Bertz CT molecular complexity index is 668. The normalized spacial score (nSPS) is 11.3. The molecule has 2 rings (SSSR count). The van der Waals surface area contributed by atoms with E-state index < -0.39 is 0 Å². The number of Topliss-reactive ketones (excluding diaryl/α,β-unsaturated/α-hetero) is 1. The van der Waals surface area contributed by atoms with Gasteiger partial charge in [-0.15, -0.1) is 0 Å². The smallest absolute Gasteiger partial charge is 0.186 e. The van der Waals surface area contributed by atoms with Gasteiger partial charge < -0.3 is 0 Å². The van der Waals surface area contributed by atoms with E-state index in [1.807, 2.05) is 43.3 Å². The zero-order valence-electron chi connectivity index (χ0n) is 11.8. The number of aryl methyl sites for hydroxylation is 1. The fourth-order valence-corrected chi connectivity index (χ4v) is 2.45. The molecule has 0 radical (unpaired) electrons. The van der Waals surface area contributed by atoms with Crippen LogP contribution in [0, 0.1) is 6.92 Å². The maximum absolute atomic E-state index is 11.7. The Kier molecular flexibility index (Phi) is 5.42. The van der Waals surface area contributed by atoms with Crippen molar-refractivity contribution in [3.63, 3.8) is 0 Å². The first kappa shape index (κ1) is 15.6. The Labute approximate surface area is 133 Å². The second-order valence-corrected chi connectivity index (χ2v) is 5.95. The summed E-state index contributed by atoms with van der Waals surface area (Å²) in [7, 11) is 0. The number of hydrazone groups is 1. The zero-order valence-corrected chi connectivity index (χ0v) is 13.3. The predicted molar refractivity (Wildman–Crippen MR) is 90.2 cm³/mol. The SMILES string of the molecule is CC(=O)/C(=N\Nc1ccccc1C)Sc1ccc(Cl)cc1. The lowest BCUT2D eigenvalue weighted by molar-refractivity contribution is -0.110. The second-order valence-electron chi connectivity index (χ2n) is 4.46. The van der Waals surface area contributed by atoms with Crippen molar-refractivity contribution >= 4 is 39.9 Å². The lowest BCUT2D eigenvalue weighted by Crippen LogP contribution is -2.08. The molecule has 0 bridgehead atoms. The van der Waals surface area contributed by atoms with Crippen LogP contribution in [0.3, 0.4) is 0 Å². The van der Waals surface area contributed by atoms with Gasteiger partial charge in [-0.2, -0.15) is 5.10 Å². The maximum atomic E-state index is 11.7. The third kappa shape index (κ3) is 4.62. The van der Waals surface area contributed by atoms with E-state index in [9.17, 15) is 4.79 Å². The summed E-state index contributed by atoms with van der Waals surface area (Å²) in [5, 5.41) is 5.29. The van der Waals surface area contributed by atoms with Gasteiger partial charge in [0.2, 0.25) is 0 Å². The molecule has 0 heterocycles. The summed E-state index contributed by atoms with van der Waals surface area (Å²) >= 11 is 7.16. The molecule has 0 spiro atoms. The van der Waals surface area contributed by atoms with E-state index in [4.69, 9.17) is 11.6 Å². The molecular formula is C16H15ClN2OS. The number of para-hydroxylation sites is 1. The number of hydrogen-bond donors (Lipinski definition) is 1. The first-order valence-corrected chi connectivity index (χ1v) is 7.59. The number of anilines is 1. The Morgan fingerprint density at radius 3 is 2.43 bits per heavy atom. The van der Waals surface area contributed by atoms with E-state index in [-0.39, 0.29) is 5.78 Å². The van der Waals surface area contributed by atoms with Gasteiger partial charge in [-0.05, 0) is 42.8 Å². The molecule has 0 aromatic heterocycles. The van der Waals surface area contributed by atoms with Gasteiger partial charge in [0.1, 0.15) is 0 Å². The average Bonchev–Trinajstić information content (AvgIpc) is 2.46. The minimum absolute atomic E-state index is 0.0870. The number of ketones is 1. The highest BCUT2D eigenvalue weighted by Crippen LogP contribution is 2.23. The van der Waals surface area contributed by atoms with Crippen LogP contribution in [0.25, 0.3) is 0 Å². The van der Waals surface area contributed by atoms with E-state index in [0.29, 0.717) is 10.1 Å². The molecule has 3 nitrogen and oxygen atoms in total. The monoisotopic (exact) mass is 318 g/mol. The zero-order chi connectivity index (χ0) is 15.2. The fraction of sp³-hybridized carbons (Fsp3) is 0.125. The highest BCUT2D eigenvalue weighted by Gasteiger charge is 2.09. The third-order valence-electron chi connectivity index (χ3n) is 2.75. The molecule has 0 fully saturated rings. The minimum Gasteiger partial charge on any atom is -0.292 e. The highest BCUT2D eigenvalue weighted by atomic mass is 35.5. The topological polar surface area (TPSA) is 41.5 Å². The Morgan fingerprint density at radius 1 is 1.14 bits per heavy atom. The standard InChI is InChI=1S/C16H15ClN2OS/c1-11-5-3-4-6-15(11)18-19-16(12(2)20)21-14-9-7-13(17)8-10-14/h3-10,18H,1-2H3/b19-16+. The second kappa shape index (κ2) is 7.29. The number of halogens is 1. The molecular weight excluding hydrogens is 304 g/mol. The van der Waals surface area contributed by atoms with Crippen LogP contribution in [0.15, 0.2) is 58.5 Å². The Hall–Kier alpha value is -1.78. The molecule has 0 saturated carbocycles. The number of nitrogens with one attached hydrogen (secondary N) is 1. The van der Waals surface area contributed by atoms with E-state index in [1.165, 1.54) is 18.7 Å². The lowest BCUT2D eigenvalue weighted by Gasteiger charge is -2.07. The van der Waals surface area contributed by atoms with Crippen LogP contribution >= 0.6 is 23.4 Å². The fourth-order valence-electron chi connectivity index (χ4n) is 1.60. The number of benzene rings is 2. The molecule has 0 aliphatic heterocycles. The van der Waals surface area contributed by atoms with Gasteiger partial charge in [0.05, 0.1) is 5.69 Å². The Morgan fingerprint density at radius 2 is 1.81 bits per heavy atom. The molecule has 108 valence electrons. The van der Waals surface area contributed by atoms with Gasteiger partial charge in [-0.25, -0.2) is 0 Å². The molecule has 1 N–H and O–H groups in total. The number of rotatable bonds is 4. The van der Waals surface area contributed by atoms with Crippen molar-refractivity contribution in [2.75, 3.05) is 5.43 Å². The van der Waals surface area contributed by atoms with Crippen LogP contribution in [-0.4, -0.2) is 10.8 Å². The third-order valence-corrected chi connectivity index (χ3v) is 4.08. The first-order chi connectivity index (χ1) is 10.1. The summed E-state index contributed by atoms with van der Waals surface area (Å²) < 4.78 is 0. The molecule has 2 aromatic carbocycles. The maximum Gasteiger partial charge on any atom is 0.186 e. The molecule has 0 aliphatic rings. The van der Waals surface area contributed by atoms with Crippen molar-refractivity contribution in [1.29, 1.82) is 0 Å². The molecule has 5 heteroatoms. The molecule has 21 heavy (non-hydrogen) atoms. The van der Waals surface area contributed by atoms with Crippen LogP contribution in [0.2, 0.25) is 5.02 Å². The first-order valence-electron chi connectivity index (χ1n) is 6.40. The molecule has 0 amide bonds. The minimum atomic E-state index is -0.0870. The molecule has 0 aliphatic carbocycles. The van der Waals surface area contributed by atoms with Crippen molar-refractivity contribution < 1.29 is 4.79 Å². The van der Waals surface area contributed by atoms with Crippen LogP contribution in [-0.2, 0) is 4.79 Å². The van der Waals surface area contributed by atoms with E-state index in [2.05, 4.69) is 10.5 Å². The van der Waals surface area contributed by atoms with Crippen LogP contribution < -0.4 is 5.43 Å². The van der Waals surface area contributed by atoms with E-state index in [0.717, 1.165) is 16.1 Å². The molecule has 2 aromatic rings. The average molecular weight is 319 g/mol. The lowest BCUT2D eigenvalue weighted by atomic mass is 10.2. The number of hydrogen-bond acceptors (Lipinski definition) is 4. The van der Waals surface area contributed by atoms with Gasteiger partial charge in [-0.3, -0.25) is 10.2 Å². The summed E-state index contributed by atoms with van der Waals surface area (Å²) in [5.41, 5.74) is 4.90. The van der Waals surface area contributed by atoms with Gasteiger partial charge in [0, 0.05) is 16.8 Å². The summed E-state index contributed by atoms with van der Waals surface area (Å²) in [4.78, 5) is 12.6. The predicted octanol–water partition coefficient (Wildman–Crippen LogP) is 4.76. The summed E-state index contributed by atoms with van der Waals surface area (Å²) in [6.07, 6.45) is 0. The number of carbonyl (C=O) groups excluding carboxylic acids is 1. The molecule has 0 unspecified atom stereocenters. The Balaban J connectivity index is 2.15. The van der Waals surface area contributed by atoms with E-state index >= 15 is 0 Å². The van der Waals surface area contributed by atoms with Crippen LogP contribution in [0.4, 0.5) is 5.69 Å². The molecule has 0 saturated heterocycles.